The summed E-state index contributed by atoms with van der Waals surface area (Å²) in [6.45, 7) is 4.22. The summed E-state index contributed by atoms with van der Waals surface area (Å²) in [5.74, 6) is -0.112. The molecule has 1 aliphatic carbocycles. The SMILES string of the molecule is CCCCCCCCCCCCCC=CC(O)[C@H](CNC1C=C(CO)[C@@H](O)C(O)[C@H]1O)NC(=O)CCCCCCCCCCCCCCC. The largest absolute Gasteiger partial charge is 0.392 e. The van der Waals surface area contributed by atoms with Gasteiger partial charge < -0.3 is 36.2 Å². The van der Waals surface area contributed by atoms with Gasteiger partial charge in [0.25, 0.3) is 0 Å². The van der Waals surface area contributed by atoms with Crippen molar-refractivity contribution in [3.63, 3.8) is 0 Å². The molecule has 0 spiro atoms. The maximum Gasteiger partial charge on any atom is 0.220 e. The van der Waals surface area contributed by atoms with Crippen LogP contribution in [0.25, 0.3) is 0 Å². The van der Waals surface area contributed by atoms with E-state index in [9.17, 15) is 30.3 Å². The smallest absolute Gasteiger partial charge is 0.220 e. The van der Waals surface area contributed by atoms with Crippen molar-refractivity contribution in [2.75, 3.05) is 13.2 Å². The first kappa shape index (κ1) is 45.7. The highest BCUT2D eigenvalue weighted by Crippen LogP contribution is 2.20. The van der Waals surface area contributed by atoms with E-state index < -0.39 is 43.1 Å². The quantitative estimate of drug-likeness (QED) is 0.0278. The Morgan fingerprint density at radius 1 is 0.694 bits per heavy atom. The fourth-order valence-electron chi connectivity index (χ4n) is 6.77. The normalized spacial score (nSPS) is 20.8. The Morgan fingerprint density at radius 3 is 1.61 bits per heavy atom. The van der Waals surface area contributed by atoms with E-state index >= 15 is 0 Å². The van der Waals surface area contributed by atoms with E-state index in [1.165, 1.54) is 134 Å². The molecule has 0 saturated carbocycles. The van der Waals surface area contributed by atoms with Crippen LogP contribution in [0.4, 0.5) is 0 Å². The molecule has 288 valence electrons. The maximum atomic E-state index is 12.9. The van der Waals surface area contributed by atoms with Crippen molar-refractivity contribution < 1.29 is 30.3 Å². The van der Waals surface area contributed by atoms with Gasteiger partial charge in [0.05, 0.1) is 24.8 Å². The molecule has 6 atom stereocenters. The van der Waals surface area contributed by atoms with Crippen LogP contribution >= 0.6 is 0 Å². The molecule has 0 aromatic carbocycles. The van der Waals surface area contributed by atoms with Crippen LogP contribution in [0.3, 0.4) is 0 Å². The highest BCUT2D eigenvalue weighted by atomic mass is 16.4. The minimum absolute atomic E-state index is 0.112. The number of aliphatic hydroxyl groups excluding tert-OH is 5. The van der Waals surface area contributed by atoms with Crippen LogP contribution in [0.1, 0.15) is 181 Å². The highest BCUT2D eigenvalue weighted by molar-refractivity contribution is 5.76. The molecule has 0 bridgehead atoms. The molecule has 1 rings (SSSR count). The number of hydrogen-bond acceptors (Lipinski definition) is 7. The van der Waals surface area contributed by atoms with Gasteiger partial charge in [0, 0.05) is 13.0 Å². The minimum atomic E-state index is -1.44. The summed E-state index contributed by atoms with van der Waals surface area (Å²) in [4.78, 5) is 12.9. The van der Waals surface area contributed by atoms with Crippen LogP contribution in [-0.4, -0.2) is 81.1 Å². The Morgan fingerprint density at radius 2 is 1.14 bits per heavy atom. The molecule has 8 nitrogen and oxygen atoms in total. The molecule has 49 heavy (non-hydrogen) atoms. The zero-order valence-corrected chi connectivity index (χ0v) is 31.6. The van der Waals surface area contributed by atoms with Gasteiger partial charge in [-0.05, 0) is 24.8 Å². The molecule has 1 amide bonds. The number of aliphatic hydroxyl groups is 5. The van der Waals surface area contributed by atoms with Gasteiger partial charge in [0.2, 0.25) is 5.91 Å². The average Bonchev–Trinajstić information content (AvgIpc) is 3.10. The van der Waals surface area contributed by atoms with E-state index in [1.807, 2.05) is 6.08 Å². The second kappa shape index (κ2) is 31.4. The van der Waals surface area contributed by atoms with Crippen LogP contribution in [0.2, 0.25) is 0 Å². The second-order valence-electron chi connectivity index (χ2n) is 14.7. The number of carbonyl (C=O) groups excluding carboxylic acids is 1. The molecule has 0 aromatic heterocycles. The standard InChI is InChI=1S/C41H78N2O6/c1-3-5-7-9-11-13-15-17-19-21-23-25-27-29-37(45)36(32-42-35-31-34(33-44)39(47)41(49)40(35)48)43-38(46)30-28-26-24-22-20-18-16-14-12-10-8-6-4-2/h27,29,31,35-37,39-42,44-45,47-49H,3-26,28,30,32-33H2,1-2H3,(H,43,46)/t35?,36-,37?,39+,40-,41?/m0/s1. The summed E-state index contributed by atoms with van der Waals surface area (Å²) in [7, 11) is 0. The summed E-state index contributed by atoms with van der Waals surface area (Å²) in [6.07, 6.45) is 31.8. The Bertz CT molecular complexity index is 837. The maximum absolute atomic E-state index is 12.9. The predicted octanol–water partition coefficient (Wildman–Crippen LogP) is 7.54. The lowest BCUT2D eigenvalue weighted by atomic mass is 9.88. The van der Waals surface area contributed by atoms with Gasteiger partial charge in [-0.25, -0.2) is 0 Å². The van der Waals surface area contributed by atoms with Crippen molar-refractivity contribution in [2.45, 2.75) is 217 Å². The lowest BCUT2D eigenvalue weighted by Crippen LogP contribution is -2.57. The first-order valence-corrected chi connectivity index (χ1v) is 20.6. The van der Waals surface area contributed by atoms with Gasteiger partial charge >= 0.3 is 0 Å². The van der Waals surface area contributed by atoms with Crippen molar-refractivity contribution in [2.24, 2.45) is 0 Å². The summed E-state index contributed by atoms with van der Waals surface area (Å²) >= 11 is 0. The number of amides is 1. The fourth-order valence-corrected chi connectivity index (χ4v) is 6.77. The third-order valence-electron chi connectivity index (χ3n) is 10.1. The lowest BCUT2D eigenvalue weighted by Gasteiger charge is -2.35. The number of allylic oxidation sites excluding steroid dienone is 1. The van der Waals surface area contributed by atoms with Gasteiger partial charge in [0.1, 0.15) is 18.3 Å². The molecular formula is C41H78N2O6. The van der Waals surface area contributed by atoms with E-state index in [4.69, 9.17) is 0 Å². The van der Waals surface area contributed by atoms with Crippen LogP contribution < -0.4 is 10.6 Å². The molecule has 1 aliphatic rings. The molecule has 0 saturated heterocycles. The van der Waals surface area contributed by atoms with Gasteiger partial charge in [-0.15, -0.1) is 0 Å². The Labute approximate surface area is 300 Å². The van der Waals surface area contributed by atoms with E-state index in [2.05, 4.69) is 24.5 Å². The first-order chi connectivity index (χ1) is 23.8. The van der Waals surface area contributed by atoms with E-state index in [-0.39, 0.29) is 18.0 Å². The fraction of sp³-hybridized carbons (Fsp3) is 0.878. The van der Waals surface area contributed by atoms with Crippen molar-refractivity contribution in [1.82, 2.24) is 10.6 Å². The van der Waals surface area contributed by atoms with Gasteiger partial charge in [-0.2, -0.15) is 0 Å². The van der Waals surface area contributed by atoms with Gasteiger partial charge in [0.15, 0.2) is 0 Å². The zero-order chi connectivity index (χ0) is 36.0. The predicted molar refractivity (Wildman–Crippen MR) is 203 cm³/mol. The monoisotopic (exact) mass is 695 g/mol. The summed E-state index contributed by atoms with van der Waals surface area (Å²) in [5.41, 5.74) is 0.228. The molecule has 8 heteroatoms. The lowest BCUT2D eigenvalue weighted by molar-refractivity contribution is -0.122. The molecule has 0 aromatic rings. The molecular weight excluding hydrogens is 616 g/mol. The first-order valence-electron chi connectivity index (χ1n) is 20.6. The van der Waals surface area contributed by atoms with Crippen molar-refractivity contribution in [3.05, 3.63) is 23.8 Å². The number of nitrogens with one attached hydrogen (secondary N) is 2. The second-order valence-corrected chi connectivity index (χ2v) is 14.7. The molecule has 0 fully saturated rings. The number of carbonyl (C=O) groups is 1. The van der Waals surface area contributed by atoms with E-state index in [0.29, 0.717) is 6.42 Å². The van der Waals surface area contributed by atoms with Crippen molar-refractivity contribution in [3.8, 4) is 0 Å². The summed E-state index contributed by atoms with van der Waals surface area (Å²) in [6, 6.07) is -1.38. The highest BCUT2D eigenvalue weighted by Gasteiger charge is 2.37. The van der Waals surface area contributed by atoms with Gasteiger partial charge in [-0.3, -0.25) is 4.79 Å². The van der Waals surface area contributed by atoms with Crippen LogP contribution in [-0.2, 0) is 4.79 Å². The molecule has 0 aliphatic heterocycles. The molecule has 7 N–H and O–H groups in total. The average molecular weight is 695 g/mol. The van der Waals surface area contributed by atoms with Crippen LogP contribution in [0.15, 0.2) is 23.8 Å². The zero-order valence-electron chi connectivity index (χ0n) is 31.6. The topological polar surface area (TPSA) is 142 Å². The van der Waals surface area contributed by atoms with Crippen LogP contribution in [0, 0.1) is 0 Å². The Balaban J connectivity index is 2.45. The molecule has 0 heterocycles. The third kappa shape index (κ3) is 23.0. The third-order valence-corrected chi connectivity index (χ3v) is 10.1. The van der Waals surface area contributed by atoms with E-state index in [0.717, 1.165) is 32.1 Å². The summed E-state index contributed by atoms with van der Waals surface area (Å²) in [5, 5.41) is 57.6. The molecule has 0 radical (unpaired) electrons. The van der Waals surface area contributed by atoms with Crippen molar-refractivity contribution >= 4 is 5.91 Å². The minimum Gasteiger partial charge on any atom is -0.392 e. The number of unbranched alkanes of at least 4 members (excludes halogenated alkanes) is 23. The molecule has 3 unspecified atom stereocenters. The number of rotatable bonds is 33. The number of hydrogen-bond donors (Lipinski definition) is 7. The van der Waals surface area contributed by atoms with E-state index in [1.54, 1.807) is 6.08 Å². The van der Waals surface area contributed by atoms with Crippen molar-refractivity contribution in [1.29, 1.82) is 0 Å². The Hall–Kier alpha value is -1.29. The van der Waals surface area contributed by atoms with Crippen LogP contribution in [0.5, 0.6) is 0 Å². The summed E-state index contributed by atoms with van der Waals surface area (Å²) < 4.78 is 0. The Kier molecular flexibility index (Phi) is 29.3. The van der Waals surface area contributed by atoms with Gasteiger partial charge in [-0.1, -0.05) is 173 Å².